The Morgan fingerprint density at radius 1 is 1.05 bits per heavy atom. The summed E-state index contributed by atoms with van der Waals surface area (Å²) in [6.45, 7) is 6.71. The molecular formula is C16H19NO4. The fourth-order valence-corrected chi connectivity index (χ4v) is 2.35. The van der Waals surface area contributed by atoms with E-state index in [9.17, 15) is 19.5 Å². The normalized spacial score (nSPS) is 22.8. The number of carbonyl (C=O) groups excluding carboxylic acids is 2. The third-order valence-electron chi connectivity index (χ3n) is 4.35. The summed E-state index contributed by atoms with van der Waals surface area (Å²) >= 11 is 0. The predicted molar refractivity (Wildman–Crippen MR) is 77.9 cm³/mol. The lowest BCUT2D eigenvalue weighted by molar-refractivity contribution is -0.142. The Morgan fingerprint density at radius 3 is 1.86 bits per heavy atom. The van der Waals surface area contributed by atoms with E-state index in [1.807, 2.05) is 0 Å². The number of anilines is 1. The largest absolute Gasteiger partial charge is 0.481 e. The molecule has 1 aromatic rings. The monoisotopic (exact) mass is 289 g/mol. The van der Waals surface area contributed by atoms with Gasteiger partial charge in [-0.15, -0.1) is 0 Å². The summed E-state index contributed by atoms with van der Waals surface area (Å²) in [5.41, 5.74) is 0.100. The first-order valence-corrected chi connectivity index (χ1v) is 6.89. The second-order valence-electron chi connectivity index (χ2n) is 6.07. The number of rotatable bonds is 3. The fraction of sp³-hybridized carbons (Fsp3) is 0.438. The highest BCUT2D eigenvalue weighted by molar-refractivity contribution is 6.21. The molecule has 2 atom stereocenters. The number of benzene rings is 1. The van der Waals surface area contributed by atoms with Crippen LogP contribution in [0.25, 0.3) is 0 Å². The summed E-state index contributed by atoms with van der Waals surface area (Å²) in [7, 11) is 0. The molecule has 2 amide bonds. The van der Waals surface area contributed by atoms with Gasteiger partial charge in [-0.1, -0.05) is 26.0 Å². The quantitative estimate of drug-likeness (QED) is 0.866. The van der Waals surface area contributed by atoms with E-state index in [4.69, 9.17) is 0 Å². The van der Waals surface area contributed by atoms with Crippen LogP contribution in [0.3, 0.4) is 0 Å². The number of carboxylic acid groups (broad SMARTS) is 1. The van der Waals surface area contributed by atoms with Gasteiger partial charge >= 0.3 is 5.97 Å². The number of amides is 2. The van der Waals surface area contributed by atoms with Crippen molar-refractivity contribution in [2.45, 2.75) is 33.1 Å². The standard InChI is InChI=1S/C16H19NO4/c1-9-10(2)14(19)17(13(9)18)12-7-5-11(6-8-12)16(3,4)15(20)21/h5-10H,1-4H3,(H,20,21). The minimum atomic E-state index is -1.02. The zero-order valence-electron chi connectivity index (χ0n) is 12.6. The van der Waals surface area contributed by atoms with Crippen molar-refractivity contribution >= 4 is 23.5 Å². The second kappa shape index (κ2) is 4.98. The molecule has 0 aromatic heterocycles. The highest BCUT2D eigenvalue weighted by Crippen LogP contribution is 2.32. The molecule has 1 aliphatic heterocycles. The summed E-state index contributed by atoms with van der Waals surface area (Å²) < 4.78 is 0. The van der Waals surface area contributed by atoms with Crippen molar-refractivity contribution in [2.75, 3.05) is 4.90 Å². The molecule has 1 heterocycles. The van der Waals surface area contributed by atoms with Crippen molar-refractivity contribution < 1.29 is 19.5 Å². The van der Waals surface area contributed by atoms with Crippen LogP contribution in [0.5, 0.6) is 0 Å². The maximum atomic E-state index is 12.1. The van der Waals surface area contributed by atoms with Gasteiger partial charge in [0.15, 0.2) is 0 Å². The first-order valence-electron chi connectivity index (χ1n) is 6.89. The second-order valence-corrected chi connectivity index (χ2v) is 6.07. The van der Waals surface area contributed by atoms with E-state index in [1.165, 1.54) is 4.90 Å². The van der Waals surface area contributed by atoms with Crippen LogP contribution in [0, 0.1) is 11.8 Å². The minimum absolute atomic E-state index is 0.210. The highest BCUT2D eigenvalue weighted by atomic mass is 16.4. The number of hydrogen-bond acceptors (Lipinski definition) is 3. The Balaban J connectivity index is 2.34. The topological polar surface area (TPSA) is 74.7 Å². The van der Waals surface area contributed by atoms with E-state index in [2.05, 4.69) is 0 Å². The molecular weight excluding hydrogens is 270 g/mol. The molecule has 5 nitrogen and oxygen atoms in total. The van der Waals surface area contributed by atoms with Crippen molar-refractivity contribution in [1.29, 1.82) is 0 Å². The van der Waals surface area contributed by atoms with Crippen LogP contribution in [0.15, 0.2) is 24.3 Å². The molecule has 1 aromatic carbocycles. The molecule has 1 saturated heterocycles. The lowest BCUT2D eigenvalue weighted by Crippen LogP contribution is -2.31. The molecule has 1 aliphatic rings. The van der Waals surface area contributed by atoms with Gasteiger partial charge in [-0.05, 0) is 31.5 Å². The zero-order valence-corrected chi connectivity index (χ0v) is 12.6. The molecule has 2 rings (SSSR count). The van der Waals surface area contributed by atoms with E-state index in [-0.39, 0.29) is 23.7 Å². The minimum Gasteiger partial charge on any atom is -0.481 e. The smallest absolute Gasteiger partial charge is 0.313 e. The average molecular weight is 289 g/mol. The van der Waals surface area contributed by atoms with Gasteiger partial charge in [0.2, 0.25) is 11.8 Å². The Bertz CT molecular complexity index is 583. The van der Waals surface area contributed by atoms with Gasteiger partial charge in [0, 0.05) is 11.8 Å². The highest BCUT2D eigenvalue weighted by Gasteiger charge is 2.43. The van der Waals surface area contributed by atoms with Crippen LogP contribution in [0.1, 0.15) is 33.3 Å². The number of imide groups is 1. The summed E-state index contributed by atoms with van der Waals surface area (Å²) in [5.74, 6) is -2.00. The number of nitrogens with zero attached hydrogens (tertiary/aromatic N) is 1. The number of aliphatic carboxylic acids is 1. The molecule has 0 radical (unpaired) electrons. The predicted octanol–water partition coefficient (Wildman–Crippen LogP) is 2.19. The van der Waals surface area contributed by atoms with Gasteiger partial charge in [0.1, 0.15) is 0 Å². The Morgan fingerprint density at radius 2 is 1.48 bits per heavy atom. The van der Waals surface area contributed by atoms with Gasteiger partial charge in [0.25, 0.3) is 0 Å². The molecule has 0 saturated carbocycles. The van der Waals surface area contributed by atoms with Crippen LogP contribution in [0.2, 0.25) is 0 Å². The fourth-order valence-electron chi connectivity index (χ4n) is 2.35. The van der Waals surface area contributed by atoms with Gasteiger partial charge in [-0.2, -0.15) is 0 Å². The summed E-state index contributed by atoms with van der Waals surface area (Å²) in [5, 5.41) is 9.21. The van der Waals surface area contributed by atoms with Gasteiger partial charge < -0.3 is 5.11 Å². The Hall–Kier alpha value is -2.17. The number of hydrogen-bond donors (Lipinski definition) is 1. The van der Waals surface area contributed by atoms with Gasteiger partial charge in [0.05, 0.1) is 11.1 Å². The summed E-state index contributed by atoms with van der Waals surface area (Å²) in [4.78, 5) is 36.7. The summed E-state index contributed by atoms with van der Waals surface area (Å²) in [6.07, 6.45) is 0. The molecule has 1 N–H and O–H groups in total. The van der Waals surface area contributed by atoms with Crippen LogP contribution in [-0.4, -0.2) is 22.9 Å². The molecule has 0 bridgehead atoms. The van der Waals surface area contributed by atoms with Crippen molar-refractivity contribution in [2.24, 2.45) is 11.8 Å². The zero-order chi connectivity index (χ0) is 15.9. The van der Waals surface area contributed by atoms with Crippen molar-refractivity contribution in [3.8, 4) is 0 Å². The van der Waals surface area contributed by atoms with E-state index >= 15 is 0 Å². The van der Waals surface area contributed by atoms with Crippen LogP contribution in [0.4, 0.5) is 5.69 Å². The maximum absolute atomic E-state index is 12.1. The molecule has 0 spiro atoms. The maximum Gasteiger partial charge on any atom is 0.313 e. The van der Waals surface area contributed by atoms with E-state index in [0.717, 1.165) is 0 Å². The van der Waals surface area contributed by atoms with Crippen molar-refractivity contribution in [3.63, 3.8) is 0 Å². The molecule has 1 fully saturated rings. The molecule has 112 valence electrons. The van der Waals surface area contributed by atoms with Crippen molar-refractivity contribution in [1.82, 2.24) is 0 Å². The number of carboxylic acids is 1. The van der Waals surface area contributed by atoms with Crippen LogP contribution >= 0.6 is 0 Å². The molecule has 5 heteroatoms. The third-order valence-corrected chi connectivity index (χ3v) is 4.35. The van der Waals surface area contributed by atoms with E-state index < -0.39 is 11.4 Å². The molecule has 0 aliphatic carbocycles. The Labute approximate surface area is 123 Å². The Kier molecular flexibility index (Phi) is 3.61. The molecule has 21 heavy (non-hydrogen) atoms. The summed E-state index contributed by atoms with van der Waals surface area (Å²) in [6, 6.07) is 6.55. The van der Waals surface area contributed by atoms with Crippen molar-refractivity contribution in [3.05, 3.63) is 29.8 Å². The lowest BCUT2D eigenvalue weighted by Gasteiger charge is -2.21. The SMILES string of the molecule is CC1C(=O)N(c2ccc(C(C)(C)C(=O)O)cc2)C(=O)C1C. The van der Waals surface area contributed by atoms with E-state index in [0.29, 0.717) is 11.3 Å². The first-order chi connectivity index (χ1) is 9.67. The van der Waals surface area contributed by atoms with Gasteiger partial charge in [-0.25, -0.2) is 0 Å². The first kappa shape index (κ1) is 15.2. The van der Waals surface area contributed by atoms with E-state index in [1.54, 1.807) is 52.0 Å². The van der Waals surface area contributed by atoms with Crippen LogP contribution in [-0.2, 0) is 19.8 Å². The third kappa shape index (κ3) is 2.33. The average Bonchev–Trinajstić information content (AvgIpc) is 2.63. The lowest BCUT2D eigenvalue weighted by atomic mass is 9.85. The number of carbonyl (C=O) groups is 3. The van der Waals surface area contributed by atoms with Crippen LogP contribution < -0.4 is 4.90 Å². The molecule has 2 unspecified atom stereocenters. The van der Waals surface area contributed by atoms with Gasteiger partial charge in [-0.3, -0.25) is 19.3 Å².